The van der Waals surface area contributed by atoms with Gasteiger partial charge in [-0.25, -0.2) is 4.98 Å². The van der Waals surface area contributed by atoms with Crippen LogP contribution >= 0.6 is 0 Å². The molecule has 0 saturated carbocycles. The zero-order valence-corrected chi connectivity index (χ0v) is 18.0. The summed E-state index contributed by atoms with van der Waals surface area (Å²) < 4.78 is 2.05. The number of nitrogens with zero attached hydrogens (tertiary/aromatic N) is 4. The molecule has 31 heavy (non-hydrogen) atoms. The molecule has 2 aliphatic rings. The number of benzene rings is 2. The molecule has 2 amide bonds. The van der Waals surface area contributed by atoms with Crippen LogP contribution in [0.3, 0.4) is 0 Å². The van der Waals surface area contributed by atoms with Crippen molar-refractivity contribution in [2.24, 2.45) is 0 Å². The van der Waals surface area contributed by atoms with Gasteiger partial charge in [-0.1, -0.05) is 30.3 Å². The molecular weight excluding hydrogens is 388 g/mol. The number of carbonyl (C=O) groups is 2. The lowest BCUT2D eigenvalue weighted by Gasteiger charge is -2.27. The van der Waals surface area contributed by atoms with Gasteiger partial charge in [0.1, 0.15) is 12.4 Å². The minimum Gasteiger partial charge on any atom is -0.341 e. The Labute approximate surface area is 182 Å². The molecule has 0 spiro atoms. The Morgan fingerprint density at radius 3 is 2.58 bits per heavy atom. The van der Waals surface area contributed by atoms with Gasteiger partial charge < -0.3 is 14.4 Å². The second-order valence-electron chi connectivity index (χ2n) is 8.68. The van der Waals surface area contributed by atoms with Crippen LogP contribution in [0.25, 0.3) is 11.0 Å². The molecule has 0 bridgehead atoms. The lowest BCUT2D eigenvalue weighted by Crippen LogP contribution is -2.38. The fourth-order valence-corrected chi connectivity index (χ4v) is 4.93. The van der Waals surface area contributed by atoms with E-state index in [4.69, 9.17) is 4.98 Å². The first-order valence-corrected chi connectivity index (χ1v) is 11.2. The Bertz CT molecular complexity index is 1130. The standard InChI is InChI=1S/C25H28N4O2/c1-18-9-3-5-11-21(18)28-16-19(15-23(28)30)25-26-20-10-4-6-12-22(20)29(25)17-24(31)27-13-7-2-8-14-27/h3-6,9-12,19H,2,7-8,13-17H2,1H3/t19-/m0/s1. The van der Waals surface area contributed by atoms with Gasteiger partial charge in [0.2, 0.25) is 11.8 Å². The van der Waals surface area contributed by atoms with E-state index in [0.29, 0.717) is 13.0 Å². The Balaban J connectivity index is 1.47. The van der Waals surface area contributed by atoms with Gasteiger partial charge in [-0.05, 0) is 49.9 Å². The van der Waals surface area contributed by atoms with E-state index in [0.717, 1.165) is 54.0 Å². The van der Waals surface area contributed by atoms with Crippen molar-refractivity contribution in [1.29, 1.82) is 0 Å². The molecule has 0 unspecified atom stereocenters. The first-order valence-electron chi connectivity index (χ1n) is 11.2. The third kappa shape index (κ3) is 3.71. The van der Waals surface area contributed by atoms with Gasteiger partial charge >= 0.3 is 0 Å². The number of imidazole rings is 1. The van der Waals surface area contributed by atoms with Crippen LogP contribution in [0.2, 0.25) is 0 Å². The highest BCUT2D eigenvalue weighted by molar-refractivity contribution is 5.97. The molecule has 1 atom stereocenters. The molecule has 160 valence electrons. The minimum atomic E-state index is -0.0336. The molecule has 2 fully saturated rings. The van der Waals surface area contributed by atoms with E-state index in [9.17, 15) is 9.59 Å². The van der Waals surface area contributed by atoms with Gasteiger partial charge in [0.15, 0.2) is 0 Å². The maximum atomic E-state index is 13.1. The molecule has 5 rings (SSSR count). The normalized spacial score (nSPS) is 19.4. The summed E-state index contributed by atoms with van der Waals surface area (Å²) in [6.07, 6.45) is 3.76. The molecule has 2 aliphatic heterocycles. The van der Waals surface area contributed by atoms with Crippen molar-refractivity contribution in [2.75, 3.05) is 24.5 Å². The van der Waals surface area contributed by atoms with Crippen molar-refractivity contribution in [3.05, 3.63) is 59.9 Å². The average molecular weight is 417 g/mol. The van der Waals surface area contributed by atoms with Crippen molar-refractivity contribution in [3.8, 4) is 0 Å². The predicted molar refractivity (Wildman–Crippen MR) is 121 cm³/mol. The van der Waals surface area contributed by atoms with Crippen molar-refractivity contribution in [2.45, 2.75) is 45.1 Å². The fraction of sp³-hybridized carbons (Fsp3) is 0.400. The SMILES string of the molecule is Cc1ccccc1N1C[C@@H](c2nc3ccccc3n2CC(=O)N2CCCCC2)CC1=O. The summed E-state index contributed by atoms with van der Waals surface area (Å²) in [4.78, 5) is 34.7. The molecular formula is C25H28N4O2. The zero-order valence-electron chi connectivity index (χ0n) is 18.0. The molecule has 0 aliphatic carbocycles. The van der Waals surface area contributed by atoms with Crippen LogP contribution in [0.15, 0.2) is 48.5 Å². The summed E-state index contributed by atoms with van der Waals surface area (Å²) >= 11 is 0. The Hall–Kier alpha value is -3.15. The largest absolute Gasteiger partial charge is 0.341 e. The van der Waals surface area contributed by atoms with Crippen LogP contribution in [0.1, 0.15) is 43.0 Å². The summed E-state index contributed by atoms with van der Waals surface area (Å²) in [5.74, 6) is 1.06. The summed E-state index contributed by atoms with van der Waals surface area (Å²) in [6, 6.07) is 15.9. The highest BCUT2D eigenvalue weighted by atomic mass is 16.2. The summed E-state index contributed by atoms with van der Waals surface area (Å²) in [5, 5.41) is 0. The van der Waals surface area contributed by atoms with Crippen LogP contribution in [0, 0.1) is 6.92 Å². The molecule has 3 heterocycles. The Kier molecular flexibility index (Phi) is 5.22. The summed E-state index contributed by atoms with van der Waals surface area (Å²) in [7, 11) is 0. The van der Waals surface area contributed by atoms with E-state index in [1.165, 1.54) is 6.42 Å². The number of rotatable bonds is 4. The van der Waals surface area contributed by atoms with E-state index in [1.807, 2.05) is 69.8 Å². The first-order chi connectivity index (χ1) is 15.1. The quantitative estimate of drug-likeness (QED) is 0.649. The molecule has 0 radical (unpaired) electrons. The summed E-state index contributed by atoms with van der Waals surface area (Å²) in [6.45, 7) is 4.58. The van der Waals surface area contributed by atoms with Crippen LogP contribution < -0.4 is 4.90 Å². The average Bonchev–Trinajstić information content (AvgIpc) is 3.35. The van der Waals surface area contributed by atoms with E-state index in [-0.39, 0.29) is 24.3 Å². The Morgan fingerprint density at radius 2 is 1.77 bits per heavy atom. The molecule has 2 aromatic carbocycles. The lowest BCUT2D eigenvalue weighted by molar-refractivity contribution is -0.132. The van der Waals surface area contributed by atoms with Gasteiger partial charge in [-0.2, -0.15) is 0 Å². The number of fused-ring (bicyclic) bond motifs is 1. The molecule has 1 aromatic heterocycles. The molecule has 6 nitrogen and oxygen atoms in total. The highest BCUT2D eigenvalue weighted by Crippen LogP contribution is 2.34. The predicted octanol–water partition coefficient (Wildman–Crippen LogP) is 3.88. The monoisotopic (exact) mass is 416 g/mol. The van der Waals surface area contributed by atoms with Gasteiger partial charge in [0.25, 0.3) is 0 Å². The number of piperidine rings is 1. The maximum absolute atomic E-state index is 13.1. The Morgan fingerprint density at radius 1 is 1.03 bits per heavy atom. The molecule has 6 heteroatoms. The number of amides is 2. The van der Waals surface area contributed by atoms with Crippen molar-refractivity contribution < 1.29 is 9.59 Å². The second kappa shape index (κ2) is 8.17. The number of para-hydroxylation sites is 3. The van der Waals surface area contributed by atoms with Crippen LogP contribution in [0.5, 0.6) is 0 Å². The lowest BCUT2D eigenvalue weighted by atomic mass is 10.1. The highest BCUT2D eigenvalue weighted by Gasteiger charge is 2.35. The van der Waals surface area contributed by atoms with Gasteiger partial charge in [-0.15, -0.1) is 0 Å². The number of aromatic nitrogens is 2. The number of hydrogen-bond donors (Lipinski definition) is 0. The van der Waals surface area contributed by atoms with Gasteiger partial charge in [0.05, 0.1) is 11.0 Å². The number of likely N-dealkylation sites (tertiary alicyclic amines) is 1. The number of anilines is 1. The van der Waals surface area contributed by atoms with E-state index < -0.39 is 0 Å². The second-order valence-corrected chi connectivity index (χ2v) is 8.68. The molecule has 3 aromatic rings. The first kappa shape index (κ1) is 19.8. The van der Waals surface area contributed by atoms with Gasteiger partial charge in [0, 0.05) is 37.7 Å². The fourth-order valence-electron chi connectivity index (χ4n) is 4.93. The van der Waals surface area contributed by atoms with Crippen molar-refractivity contribution in [1.82, 2.24) is 14.5 Å². The van der Waals surface area contributed by atoms with Crippen molar-refractivity contribution >= 4 is 28.5 Å². The van der Waals surface area contributed by atoms with Crippen molar-refractivity contribution in [3.63, 3.8) is 0 Å². The number of aryl methyl sites for hydroxylation is 1. The summed E-state index contributed by atoms with van der Waals surface area (Å²) in [5.41, 5.74) is 3.89. The zero-order chi connectivity index (χ0) is 21.4. The van der Waals surface area contributed by atoms with Crippen LogP contribution in [-0.4, -0.2) is 45.9 Å². The topological polar surface area (TPSA) is 58.4 Å². The van der Waals surface area contributed by atoms with Gasteiger partial charge in [-0.3, -0.25) is 9.59 Å². The molecule has 2 saturated heterocycles. The van der Waals surface area contributed by atoms with E-state index >= 15 is 0 Å². The number of hydrogen-bond acceptors (Lipinski definition) is 3. The minimum absolute atomic E-state index is 0.0336. The smallest absolute Gasteiger partial charge is 0.242 e. The van der Waals surface area contributed by atoms with Crippen LogP contribution in [0.4, 0.5) is 5.69 Å². The van der Waals surface area contributed by atoms with E-state index in [1.54, 1.807) is 0 Å². The number of carbonyl (C=O) groups excluding carboxylic acids is 2. The molecule has 0 N–H and O–H groups in total. The van der Waals surface area contributed by atoms with E-state index in [2.05, 4.69) is 0 Å². The maximum Gasteiger partial charge on any atom is 0.242 e. The third-order valence-electron chi connectivity index (χ3n) is 6.58. The third-order valence-corrected chi connectivity index (χ3v) is 6.58. The van der Waals surface area contributed by atoms with Crippen LogP contribution in [-0.2, 0) is 16.1 Å².